The molecule has 2 aromatic heterocycles. The number of fused-ring (bicyclic) bond motifs is 24. The molecule has 4 heterocycles. The molecule has 16 aromatic carbocycles. The Labute approximate surface area is 590 Å². The summed E-state index contributed by atoms with van der Waals surface area (Å²) in [5, 5.41) is 20.5. The van der Waals surface area contributed by atoms with Gasteiger partial charge in [-0.25, -0.2) is 0 Å². The van der Waals surface area contributed by atoms with E-state index in [1.165, 1.54) is 203 Å². The van der Waals surface area contributed by atoms with Crippen LogP contribution in [-0.4, -0.2) is 15.8 Å². The molecular weight excluding hydrogens is 1220 g/mol. The minimum Gasteiger partial charge on any atom is -0.310 e. The van der Waals surface area contributed by atoms with Gasteiger partial charge in [0.1, 0.15) is 0 Å². The normalized spacial score (nSPS) is 13.2. The van der Waals surface area contributed by atoms with Gasteiger partial charge in [0, 0.05) is 60.0 Å². The van der Waals surface area contributed by atoms with Crippen LogP contribution in [0.3, 0.4) is 0 Å². The predicted molar refractivity (Wildman–Crippen MR) is 436 cm³/mol. The Kier molecular flexibility index (Phi) is 12.5. The third-order valence-corrected chi connectivity index (χ3v) is 24.0. The van der Waals surface area contributed by atoms with Crippen LogP contribution in [0.4, 0.5) is 0 Å². The van der Waals surface area contributed by atoms with Gasteiger partial charge in [-0.1, -0.05) is 318 Å². The molecule has 3 heteroatoms. The zero-order valence-electron chi connectivity index (χ0n) is 59.1. The van der Waals surface area contributed by atoms with Gasteiger partial charge in [0.05, 0.1) is 16.6 Å². The van der Waals surface area contributed by atoms with E-state index in [2.05, 4.69) is 363 Å². The van der Waals surface area contributed by atoms with Gasteiger partial charge in [0.2, 0.25) is 0 Å². The molecule has 2 aliphatic rings. The monoisotopic (exact) mass is 1290 g/mol. The van der Waals surface area contributed by atoms with Crippen LogP contribution in [-0.2, 0) is 21.7 Å². The highest BCUT2D eigenvalue weighted by Crippen LogP contribution is 2.52. The summed E-state index contributed by atoms with van der Waals surface area (Å²) in [6, 6.07) is 111. The van der Waals surface area contributed by atoms with Crippen LogP contribution in [0.25, 0.3) is 153 Å². The summed E-state index contributed by atoms with van der Waals surface area (Å²) in [5.74, 6) is 0. The SMILES string of the molecule is CC(C)(C)c1ccc(-c2cccc(-c3cc4c5c(c3)-n3c6ccc7c8ccccc8c8ccccc8c7c6c6c7c8ccccc8c8ccccc8c7cc(c63)B5c3cc(C(C)(C)c5ccccc5)cc5c6cc(C(C)(C)c7ccccc7)ccc6n-4c35)c2-c2ccc(C(C)(C)C)cc2)cc1. The van der Waals surface area contributed by atoms with Crippen LogP contribution in [0.15, 0.2) is 285 Å². The molecule has 0 saturated heterocycles. The number of benzene rings is 16. The summed E-state index contributed by atoms with van der Waals surface area (Å²) in [5.41, 5.74) is 25.8. The number of hydrogen-bond acceptors (Lipinski definition) is 0. The lowest BCUT2D eigenvalue weighted by Gasteiger charge is -2.36. The first kappa shape index (κ1) is 59.8. The van der Waals surface area contributed by atoms with Gasteiger partial charge in [0.15, 0.2) is 0 Å². The molecule has 0 radical (unpaired) electrons. The number of hydrogen-bond donors (Lipinski definition) is 0. The molecule has 0 unspecified atom stereocenters. The first-order chi connectivity index (χ1) is 48.9. The van der Waals surface area contributed by atoms with E-state index in [1.807, 2.05) is 0 Å². The van der Waals surface area contributed by atoms with E-state index in [0.29, 0.717) is 0 Å². The standard InChI is InChI=1S/C98H77BN2/c1-95(2,3)61-44-40-58(41-45-61)67-38-25-39-68(87(67)59-42-46-62(47-43-59)96(4,5)6)60-52-85-92-86(53-60)101-84-51-49-77-73-34-19-17-30-69(73)71-32-21-23-36-75(71)88(77)90(84)91-89-76-37-24-22-33-72(76)70-31-18-20-35-74(70)79(89)57-82(94(91)101)99(92)81-56-66(98(9,10)64-28-15-12-16-29-64)55-80-78-54-65(48-50-83(78)100(85)93(80)81)97(7,8)63-26-13-11-14-27-63/h11-57H,1-10H3. The molecule has 18 aromatic rings. The molecule has 101 heavy (non-hydrogen) atoms. The maximum Gasteiger partial charge on any atom is 0.252 e. The van der Waals surface area contributed by atoms with Gasteiger partial charge in [-0.15, -0.1) is 0 Å². The minimum atomic E-state index is -0.367. The molecule has 20 rings (SSSR count). The lowest BCUT2D eigenvalue weighted by molar-refractivity contribution is 0.590. The summed E-state index contributed by atoms with van der Waals surface area (Å²) < 4.78 is 5.49. The molecule has 482 valence electrons. The van der Waals surface area contributed by atoms with E-state index in [9.17, 15) is 0 Å². The van der Waals surface area contributed by atoms with Crippen LogP contribution >= 0.6 is 0 Å². The van der Waals surface area contributed by atoms with Crippen molar-refractivity contribution in [1.29, 1.82) is 0 Å². The zero-order valence-corrected chi connectivity index (χ0v) is 59.1. The minimum absolute atomic E-state index is 0.00734. The molecule has 0 atom stereocenters. The smallest absolute Gasteiger partial charge is 0.252 e. The first-order valence-electron chi connectivity index (χ1n) is 36.3. The molecule has 2 nitrogen and oxygen atoms in total. The highest BCUT2D eigenvalue weighted by molar-refractivity contribution is 7.00. The Balaban J connectivity index is 1.01. The average molecular weight is 1290 g/mol. The summed E-state index contributed by atoms with van der Waals surface area (Å²) >= 11 is 0. The molecule has 0 bridgehead atoms. The molecule has 0 amide bonds. The largest absolute Gasteiger partial charge is 0.310 e. The zero-order chi connectivity index (χ0) is 68.3. The van der Waals surface area contributed by atoms with Crippen molar-refractivity contribution >= 4 is 131 Å². The second-order valence-electron chi connectivity index (χ2n) is 32.3. The summed E-state index contributed by atoms with van der Waals surface area (Å²) in [6.45, 7) is 23.4. The highest BCUT2D eigenvalue weighted by Gasteiger charge is 2.44. The maximum absolute atomic E-state index is 2.77. The van der Waals surface area contributed by atoms with Crippen molar-refractivity contribution in [3.63, 3.8) is 0 Å². The second-order valence-corrected chi connectivity index (χ2v) is 32.3. The van der Waals surface area contributed by atoms with E-state index >= 15 is 0 Å². The molecule has 0 aliphatic carbocycles. The first-order valence-corrected chi connectivity index (χ1v) is 36.3. The van der Waals surface area contributed by atoms with Crippen molar-refractivity contribution in [3.05, 3.63) is 318 Å². The fourth-order valence-corrected chi connectivity index (χ4v) is 18.6. The number of rotatable bonds is 7. The Hall–Kier alpha value is -11.3. The third-order valence-electron chi connectivity index (χ3n) is 24.0. The molecule has 0 saturated carbocycles. The van der Waals surface area contributed by atoms with Crippen molar-refractivity contribution in [2.45, 2.75) is 90.9 Å². The van der Waals surface area contributed by atoms with Crippen LogP contribution in [0, 0.1) is 0 Å². The van der Waals surface area contributed by atoms with Gasteiger partial charge < -0.3 is 9.13 Å². The van der Waals surface area contributed by atoms with Crippen molar-refractivity contribution < 1.29 is 0 Å². The topological polar surface area (TPSA) is 9.86 Å². The van der Waals surface area contributed by atoms with Crippen LogP contribution in [0.5, 0.6) is 0 Å². The Morgan fingerprint density at radius 2 is 0.663 bits per heavy atom. The fraction of sp³-hybridized carbons (Fsp3) is 0.143. The predicted octanol–water partition coefficient (Wildman–Crippen LogP) is 24.2. The lowest BCUT2D eigenvalue weighted by Crippen LogP contribution is -2.59. The van der Waals surface area contributed by atoms with Crippen molar-refractivity contribution in [2.75, 3.05) is 0 Å². The molecule has 0 N–H and O–H groups in total. The van der Waals surface area contributed by atoms with Gasteiger partial charge in [-0.3, -0.25) is 0 Å². The third kappa shape index (κ3) is 8.47. The van der Waals surface area contributed by atoms with Crippen LogP contribution in [0.1, 0.15) is 103 Å². The Morgan fingerprint density at radius 1 is 0.248 bits per heavy atom. The molecule has 0 fully saturated rings. The van der Waals surface area contributed by atoms with E-state index in [4.69, 9.17) is 0 Å². The lowest BCUT2D eigenvalue weighted by atomic mass is 9.34. The maximum atomic E-state index is 2.77. The van der Waals surface area contributed by atoms with E-state index < -0.39 is 0 Å². The fourth-order valence-electron chi connectivity index (χ4n) is 18.6. The molecular formula is C98H77BN2. The van der Waals surface area contributed by atoms with Gasteiger partial charge in [-0.05, 0) is 184 Å². The summed E-state index contributed by atoms with van der Waals surface area (Å²) in [6.07, 6.45) is 0. The van der Waals surface area contributed by atoms with Gasteiger partial charge in [0.25, 0.3) is 6.71 Å². The van der Waals surface area contributed by atoms with E-state index in [1.54, 1.807) is 0 Å². The molecule has 0 spiro atoms. The van der Waals surface area contributed by atoms with Crippen molar-refractivity contribution in [2.24, 2.45) is 0 Å². The summed E-state index contributed by atoms with van der Waals surface area (Å²) in [7, 11) is 0. The van der Waals surface area contributed by atoms with Gasteiger partial charge in [-0.2, -0.15) is 0 Å². The van der Waals surface area contributed by atoms with E-state index in [-0.39, 0.29) is 28.4 Å². The van der Waals surface area contributed by atoms with Crippen molar-refractivity contribution in [3.8, 4) is 44.8 Å². The van der Waals surface area contributed by atoms with Crippen LogP contribution < -0.4 is 16.4 Å². The quantitative estimate of drug-likeness (QED) is 0.111. The highest BCUT2D eigenvalue weighted by atomic mass is 15.0. The second kappa shape index (κ2) is 21.1. The van der Waals surface area contributed by atoms with Crippen molar-refractivity contribution in [1.82, 2.24) is 9.13 Å². The summed E-state index contributed by atoms with van der Waals surface area (Å²) in [4.78, 5) is 0. The van der Waals surface area contributed by atoms with Crippen LogP contribution in [0.2, 0.25) is 0 Å². The van der Waals surface area contributed by atoms with E-state index in [0.717, 1.165) is 0 Å². The molecule has 2 aliphatic heterocycles. The Morgan fingerprint density at radius 3 is 1.21 bits per heavy atom. The number of nitrogens with zero attached hydrogens (tertiary/aromatic N) is 2. The average Bonchev–Trinajstić information content (AvgIpc) is 1.53. The van der Waals surface area contributed by atoms with Gasteiger partial charge >= 0.3 is 0 Å². The Bertz CT molecular complexity index is 6570. The number of aromatic nitrogens is 2.